The van der Waals surface area contributed by atoms with Crippen molar-refractivity contribution in [1.29, 1.82) is 0 Å². The summed E-state index contributed by atoms with van der Waals surface area (Å²) >= 11 is 0. The number of carbonyl (C=O) groups excluding carboxylic acids is 1. The highest BCUT2D eigenvalue weighted by Gasteiger charge is 2.60. The fourth-order valence-corrected chi connectivity index (χ4v) is 4.61. The van der Waals surface area contributed by atoms with E-state index in [0.717, 1.165) is 12.0 Å². The maximum Gasteiger partial charge on any atom is 0.162 e. The quantitative estimate of drug-likeness (QED) is 0.567. The first-order chi connectivity index (χ1) is 7.44. The van der Waals surface area contributed by atoms with Crippen LogP contribution < -0.4 is 0 Å². The third kappa shape index (κ3) is 0.996. The van der Waals surface area contributed by atoms with E-state index < -0.39 is 0 Å². The lowest BCUT2D eigenvalue weighted by Crippen LogP contribution is -2.32. The van der Waals surface area contributed by atoms with Crippen LogP contribution in [0, 0.1) is 29.1 Å². The zero-order valence-electron chi connectivity index (χ0n) is 10.6. The van der Waals surface area contributed by atoms with Crippen LogP contribution in [0.25, 0.3) is 0 Å². The van der Waals surface area contributed by atoms with Gasteiger partial charge in [-0.2, -0.15) is 0 Å². The molecule has 0 spiro atoms. The average Bonchev–Trinajstić information content (AvgIpc) is 2.51. The van der Waals surface area contributed by atoms with E-state index in [1.54, 1.807) is 0 Å². The third-order valence-corrected chi connectivity index (χ3v) is 5.31. The minimum Gasteiger partial charge on any atom is -0.294 e. The molecular weight excluding hydrogens is 196 g/mol. The van der Waals surface area contributed by atoms with Crippen molar-refractivity contribution in [3.8, 4) is 0 Å². The van der Waals surface area contributed by atoms with Crippen LogP contribution in [0.15, 0.2) is 23.3 Å². The van der Waals surface area contributed by atoms with Gasteiger partial charge in [-0.25, -0.2) is 0 Å². The largest absolute Gasteiger partial charge is 0.294 e. The average molecular weight is 216 g/mol. The summed E-state index contributed by atoms with van der Waals surface area (Å²) in [5.41, 5.74) is 2.77. The Morgan fingerprint density at radius 3 is 2.69 bits per heavy atom. The minimum absolute atomic E-state index is 0.263. The van der Waals surface area contributed by atoms with Gasteiger partial charge in [0.2, 0.25) is 0 Å². The fraction of sp³-hybridized carbons (Fsp3) is 0.667. The molecule has 3 aliphatic rings. The van der Waals surface area contributed by atoms with Gasteiger partial charge in [0.15, 0.2) is 5.78 Å². The smallest absolute Gasteiger partial charge is 0.162 e. The molecule has 0 unspecified atom stereocenters. The standard InChI is InChI=1S/C15H20O/c1-8-5-6-11-10-7-9(2)14(16)12(10)13(8)15(11,3)4/h5,7,10-13H,6H2,1-4H3/t10-,11+,12-,13-/m1/s1. The molecule has 16 heavy (non-hydrogen) atoms. The van der Waals surface area contributed by atoms with Crippen molar-refractivity contribution >= 4 is 5.78 Å². The molecule has 4 atom stereocenters. The van der Waals surface area contributed by atoms with Crippen LogP contribution >= 0.6 is 0 Å². The fourth-order valence-electron chi connectivity index (χ4n) is 4.61. The summed E-state index contributed by atoms with van der Waals surface area (Å²) in [5.74, 6) is 2.35. The zero-order chi connectivity index (χ0) is 11.7. The second-order valence-electron chi connectivity index (χ2n) is 6.41. The van der Waals surface area contributed by atoms with Gasteiger partial charge in [-0.3, -0.25) is 4.79 Å². The number of carbonyl (C=O) groups is 1. The highest BCUT2D eigenvalue weighted by Crippen LogP contribution is 2.63. The topological polar surface area (TPSA) is 17.1 Å². The Hall–Kier alpha value is -0.850. The van der Waals surface area contributed by atoms with E-state index in [0.29, 0.717) is 29.0 Å². The maximum atomic E-state index is 12.3. The number of hydrogen-bond acceptors (Lipinski definition) is 1. The summed E-state index contributed by atoms with van der Waals surface area (Å²) in [6.45, 7) is 8.91. The summed E-state index contributed by atoms with van der Waals surface area (Å²) in [4.78, 5) is 12.3. The monoisotopic (exact) mass is 216 g/mol. The molecule has 0 heterocycles. The molecule has 1 nitrogen and oxygen atoms in total. The van der Waals surface area contributed by atoms with E-state index in [9.17, 15) is 4.79 Å². The van der Waals surface area contributed by atoms with Crippen LogP contribution in [0.5, 0.6) is 0 Å². The first-order valence-corrected chi connectivity index (χ1v) is 6.34. The van der Waals surface area contributed by atoms with E-state index in [4.69, 9.17) is 0 Å². The molecule has 1 heteroatoms. The van der Waals surface area contributed by atoms with Gasteiger partial charge in [-0.15, -0.1) is 0 Å². The Morgan fingerprint density at radius 1 is 1.31 bits per heavy atom. The second kappa shape index (κ2) is 2.88. The Labute approximate surface area is 97.6 Å². The molecule has 0 amide bonds. The summed E-state index contributed by atoms with van der Waals surface area (Å²) in [7, 11) is 0. The van der Waals surface area contributed by atoms with Gasteiger partial charge in [-0.1, -0.05) is 31.6 Å². The van der Waals surface area contributed by atoms with Gasteiger partial charge in [-0.05, 0) is 49.0 Å². The minimum atomic E-state index is 0.263. The molecule has 0 aromatic heterocycles. The van der Waals surface area contributed by atoms with Gasteiger partial charge >= 0.3 is 0 Å². The van der Waals surface area contributed by atoms with Crippen molar-refractivity contribution in [2.45, 2.75) is 34.1 Å². The Balaban J connectivity index is 2.13. The molecule has 1 saturated carbocycles. The SMILES string of the molecule is CC1=C[C@H]2[C@@H](C1=O)[C@H]1C(C)=CC[C@@H]2C1(C)C. The highest BCUT2D eigenvalue weighted by molar-refractivity contribution is 6.00. The van der Waals surface area contributed by atoms with Crippen LogP contribution in [-0.2, 0) is 4.79 Å². The van der Waals surface area contributed by atoms with Gasteiger partial charge in [0.05, 0.1) is 0 Å². The van der Waals surface area contributed by atoms with Crippen LogP contribution in [-0.4, -0.2) is 5.78 Å². The van der Waals surface area contributed by atoms with Gasteiger partial charge in [0.25, 0.3) is 0 Å². The van der Waals surface area contributed by atoms with E-state index in [1.165, 1.54) is 5.57 Å². The van der Waals surface area contributed by atoms with E-state index >= 15 is 0 Å². The predicted molar refractivity (Wildman–Crippen MR) is 64.9 cm³/mol. The molecule has 3 rings (SSSR count). The van der Waals surface area contributed by atoms with Gasteiger partial charge < -0.3 is 0 Å². The molecule has 0 saturated heterocycles. The molecule has 0 aromatic rings. The summed E-state index contributed by atoms with van der Waals surface area (Å²) in [5, 5.41) is 0. The summed E-state index contributed by atoms with van der Waals surface area (Å²) in [6.07, 6.45) is 5.79. The lowest BCUT2D eigenvalue weighted by Gasteiger charge is -2.38. The number of hydrogen-bond donors (Lipinski definition) is 0. The van der Waals surface area contributed by atoms with Crippen LogP contribution in [0.3, 0.4) is 0 Å². The lowest BCUT2D eigenvalue weighted by molar-refractivity contribution is -0.120. The second-order valence-corrected chi connectivity index (χ2v) is 6.41. The van der Waals surface area contributed by atoms with Gasteiger partial charge in [0.1, 0.15) is 0 Å². The maximum absolute atomic E-state index is 12.3. The third-order valence-electron chi connectivity index (χ3n) is 5.31. The van der Waals surface area contributed by atoms with Crippen molar-refractivity contribution < 1.29 is 4.79 Å². The number of allylic oxidation sites excluding steroid dienone is 4. The summed E-state index contributed by atoms with van der Waals surface area (Å²) < 4.78 is 0. The molecule has 0 aromatic carbocycles. The number of fused-ring (bicyclic) bond motifs is 5. The molecule has 2 bridgehead atoms. The number of ketones is 1. The first kappa shape index (κ1) is 10.3. The van der Waals surface area contributed by atoms with Gasteiger partial charge in [0, 0.05) is 5.92 Å². The Bertz CT molecular complexity index is 425. The molecule has 86 valence electrons. The highest BCUT2D eigenvalue weighted by atomic mass is 16.1. The van der Waals surface area contributed by atoms with E-state index in [2.05, 4.69) is 32.9 Å². The molecule has 0 aliphatic heterocycles. The molecule has 1 fully saturated rings. The van der Waals surface area contributed by atoms with Crippen molar-refractivity contribution in [2.24, 2.45) is 29.1 Å². The molecule has 0 N–H and O–H groups in total. The van der Waals surface area contributed by atoms with Crippen molar-refractivity contribution in [1.82, 2.24) is 0 Å². The normalized spacial score (nSPS) is 44.1. The van der Waals surface area contributed by atoms with E-state index in [-0.39, 0.29) is 5.92 Å². The predicted octanol–water partition coefficient (Wildman–Crippen LogP) is 3.37. The lowest BCUT2D eigenvalue weighted by atomic mass is 9.66. The summed E-state index contributed by atoms with van der Waals surface area (Å²) in [6, 6.07) is 0. The number of rotatable bonds is 0. The Morgan fingerprint density at radius 2 is 2.00 bits per heavy atom. The zero-order valence-corrected chi connectivity index (χ0v) is 10.6. The van der Waals surface area contributed by atoms with E-state index in [1.807, 2.05) is 6.92 Å². The van der Waals surface area contributed by atoms with Crippen molar-refractivity contribution in [2.75, 3.05) is 0 Å². The van der Waals surface area contributed by atoms with Crippen LogP contribution in [0.4, 0.5) is 0 Å². The molecule has 3 aliphatic carbocycles. The number of Topliss-reactive ketones (excluding diaryl/α,β-unsaturated/α-hetero) is 1. The molecule has 0 radical (unpaired) electrons. The molecular formula is C15H20O. The first-order valence-electron chi connectivity index (χ1n) is 6.34. The van der Waals surface area contributed by atoms with Crippen molar-refractivity contribution in [3.05, 3.63) is 23.3 Å². The Kier molecular flexibility index (Phi) is 1.86. The van der Waals surface area contributed by atoms with Crippen LogP contribution in [0.2, 0.25) is 0 Å². The van der Waals surface area contributed by atoms with Crippen molar-refractivity contribution in [3.63, 3.8) is 0 Å². The van der Waals surface area contributed by atoms with Crippen LogP contribution in [0.1, 0.15) is 34.1 Å².